The van der Waals surface area contributed by atoms with Crippen molar-refractivity contribution < 1.29 is 9.21 Å². The predicted molar refractivity (Wildman–Crippen MR) is 101 cm³/mol. The van der Waals surface area contributed by atoms with Gasteiger partial charge in [-0.1, -0.05) is 27.7 Å². The highest BCUT2D eigenvalue weighted by Crippen LogP contribution is 2.28. The van der Waals surface area contributed by atoms with Gasteiger partial charge in [-0.15, -0.1) is 0 Å². The molecule has 5 heteroatoms. The average Bonchev–Trinajstić information content (AvgIpc) is 2.99. The molecule has 2 unspecified atom stereocenters. The van der Waals surface area contributed by atoms with Crippen LogP contribution in [0.3, 0.4) is 0 Å². The highest BCUT2D eigenvalue weighted by molar-refractivity contribution is 5.92. The number of rotatable bonds is 4. The zero-order valence-corrected chi connectivity index (χ0v) is 15.7. The maximum atomic E-state index is 12.4. The van der Waals surface area contributed by atoms with Crippen LogP contribution in [0, 0.1) is 11.8 Å². The summed E-state index contributed by atoms with van der Waals surface area (Å²) in [4.78, 5) is 17.0. The summed E-state index contributed by atoms with van der Waals surface area (Å²) in [6.07, 6.45) is 2.97. The van der Waals surface area contributed by atoms with Crippen LogP contribution in [0.1, 0.15) is 52.8 Å². The van der Waals surface area contributed by atoms with Crippen LogP contribution in [-0.4, -0.2) is 24.0 Å². The molecule has 0 bridgehead atoms. The van der Waals surface area contributed by atoms with Gasteiger partial charge in [0.25, 0.3) is 0 Å². The van der Waals surface area contributed by atoms with Gasteiger partial charge in [0.05, 0.1) is 0 Å². The maximum Gasteiger partial charge on any atom is 0.224 e. The van der Waals surface area contributed by atoms with Crippen molar-refractivity contribution in [1.82, 2.24) is 10.3 Å². The number of oxazole rings is 1. The van der Waals surface area contributed by atoms with Crippen molar-refractivity contribution in [2.45, 2.75) is 52.4 Å². The lowest BCUT2D eigenvalue weighted by Crippen LogP contribution is -2.34. The second kappa shape index (κ2) is 7.16. The van der Waals surface area contributed by atoms with Crippen LogP contribution >= 0.6 is 0 Å². The SMILES string of the molecule is CC(CC(=O)Nc1ccc2oc(C(C)(C)C)nc2c1)C1CCCNC1. The van der Waals surface area contributed by atoms with Gasteiger partial charge >= 0.3 is 0 Å². The van der Waals surface area contributed by atoms with E-state index in [0.717, 1.165) is 29.9 Å². The van der Waals surface area contributed by atoms with Crippen molar-refractivity contribution in [3.05, 3.63) is 24.1 Å². The average molecular weight is 343 g/mol. The number of anilines is 1. The van der Waals surface area contributed by atoms with Crippen molar-refractivity contribution in [3.63, 3.8) is 0 Å². The minimum absolute atomic E-state index is 0.0666. The monoisotopic (exact) mass is 343 g/mol. The fraction of sp³-hybridized carbons (Fsp3) is 0.600. The first-order valence-electron chi connectivity index (χ1n) is 9.24. The third kappa shape index (κ3) is 4.40. The number of amides is 1. The Labute approximate surface area is 149 Å². The van der Waals surface area contributed by atoms with Crippen LogP contribution in [0.4, 0.5) is 5.69 Å². The molecule has 1 fully saturated rings. The minimum Gasteiger partial charge on any atom is -0.440 e. The molecule has 0 radical (unpaired) electrons. The lowest BCUT2D eigenvalue weighted by Gasteiger charge is -2.28. The van der Waals surface area contributed by atoms with Crippen molar-refractivity contribution in [2.75, 3.05) is 18.4 Å². The van der Waals surface area contributed by atoms with E-state index in [1.807, 2.05) is 18.2 Å². The zero-order valence-electron chi connectivity index (χ0n) is 15.7. The first-order valence-corrected chi connectivity index (χ1v) is 9.24. The van der Waals surface area contributed by atoms with Gasteiger partial charge in [0, 0.05) is 17.5 Å². The summed E-state index contributed by atoms with van der Waals surface area (Å²) >= 11 is 0. The molecule has 1 amide bonds. The Hall–Kier alpha value is -1.88. The molecule has 2 heterocycles. The topological polar surface area (TPSA) is 67.2 Å². The molecule has 136 valence electrons. The summed E-state index contributed by atoms with van der Waals surface area (Å²) in [5.41, 5.74) is 2.18. The number of hydrogen-bond acceptors (Lipinski definition) is 4. The van der Waals surface area contributed by atoms with Crippen LogP contribution in [0.5, 0.6) is 0 Å². The summed E-state index contributed by atoms with van der Waals surface area (Å²) in [7, 11) is 0. The first kappa shape index (κ1) is 17.9. The molecule has 1 aliphatic heterocycles. The molecule has 1 saturated heterocycles. The molecule has 2 aromatic rings. The molecule has 2 N–H and O–H groups in total. The Bertz CT molecular complexity index is 739. The molecule has 3 rings (SSSR count). The Kier molecular flexibility index (Phi) is 5.13. The first-order chi connectivity index (χ1) is 11.8. The molecule has 25 heavy (non-hydrogen) atoms. The van der Waals surface area contributed by atoms with Crippen LogP contribution in [0.25, 0.3) is 11.1 Å². The number of nitrogens with one attached hydrogen (secondary N) is 2. The number of fused-ring (bicyclic) bond motifs is 1. The number of hydrogen-bond donors (Lipinski definition) is 2. The molecular weight excluding hydrogens is 314 g/mol. The number of carbonyl (C=O) groups excluding carboxylic acids is 1. The Morgan fingerprint density at radius 3 is 2.92 bits per heavy atom. The van der Waals surface area contributed by atoms with E-state index in [4.69, 9.17) is 4.42 Å². The van der Waals surface area contributed by atoms with E-state index < -0.39 is 0 Å². The number of nitrogens with zero attached hydrogens (tertiary/aromatic N) is 1. The number of aromatic nitrogens is 1. The molecule has 5 nitrogen and oxygen atoms in total. The van der Waals surface area contributed by atoms with E-state index in [0.29, 0.717) is 24.1 Å². The normalized spacial score (nSPS) is 19.8. The summed E-state index contributed by atoms with van der Waals surface area (Å²) in [5.74, 6) is 1.75. The van der Waals surface area contributed by atoms with Gasteiger partial charge in [0.15, 0.2) is 5.58 Å². The minimum atomic E-state index is -0.133. The molecule has 2 atom stereocenters. The predicted octanol–water partition coefficient (Wildman–Crippen LogP) is 4.09. The summed E-state index contributed by atoms with van der Waals surface area (Å²) in [5, 5.41) is 6.43. The van der Waals surface area contributed by atoms with E-state index >= 15 is 0 Å². The van der Waals surface area contributed by atoms with Crippen molar-refractivity contribution in [3.8, 4) is 0 Å². The Morgan fingerprint density at radius 1 is 1.44 bits per heavy atom. The second-order valence-corrected chi connectivity index (χ2v) is 8.29. The van der Waals surface area contributed by atoms with Gasteiger partial charge in [0.1, 0.15) is 5.52 Å². The standard InChI is InChI=1S/C20H29N3O2/c1-13(14-6-5-9-21-12-14)10-18(24)22-15-7-8-17-16(11-15)23-19(25-17)20(2,3)4/h7-8,11,13-14,21H,5-6,9-10,12H2,1-4H3,(H,22,24). The van der Waals surface area contributed by atoms with Gasteiger partial charge in [-0.2, -0.15) is 0 Å². The van der Waals surface area contributed by atoms with Gasteiger partial charge in [-0.3, -0.25) is 4.79 Å². The summed E-state index contributed by atoms with van der Waals surface area (Å²) in [6, 6.07) is 5.64. The van der Waals surface area contributed by atoms with Crippen LogP contribution in [0.15, 0.2) is 22.6 Å². The number of piperidine rings is 1. The van der Waals surface area contributed by atoms with E-state index in [-0.39, 0.29) is 11.3 Å². The van der Waals surface area contributed by atoms with Gasteiger partial charge in [0.2, 0.25) is 11.8 Å². The van der Waals surface area contributed by atoms with Gasteiger partial charge in [-0.25, -0.2) is 4.98 Å². The van der Waals surface area contributed by atoms with Crippen LogP contribution < -0.4 is 10.6 Å². The molecule has 0 aliphatic carbocycles. The summed E-state index contributed by atoms with van der Waals surface area (Å²) < 4.78 is 5.81. The fourth-order valence-corrected chi connectivity index (χ4v) is 3.36. The van der Waals surface area contributed by atoms with E-state index in [1.165, 1.54) is 12.8 Å². The van der Waals surface area contributed by atoms with Crippen molar-refractivity contribution in [1.29, 1.82) is 0 Å². The second-order valence-electron chi connectivity index (χ2n) is 8.29. The quantitative estimate of drug-likeness (QED) is 0.877. The zero-order chi connectivity index (χ0) is 18.0. The van der Waals surface area contributed by atoms with E-state index in [2.05, 4.69) is 43.3 Å². The smallest absolute Gasteiger partial charge is 0.224 e. The van der Waals surface area contributed by atoms with Crippen LogP contribution in [0.2, 0.25) is 0 Å². The van der Waals surface area contributed by atoms with Gasteiger partial charge < -0.3 is 15.1 Å². The Balaban J connectivity index is 1.64. The largest absolute Gasteiger partial charge is 0.440 e. The third-order valence-corrected chi connectivity index (χ3v) is 4.96. The molecule has 0 spiro atoms. The lowest BCUT2D eigenvalue weighted by atomic mass is 9.85. The number of carbonyl (C=O) groups is 1. The molecule has 1 aromatic heterocycles. The highest BCUT2D eigenvalue weighted by atomic mass is 16.3. The van der Waals surface area contributed by atoms with E-state index in [9.17, 15) is 4.79 Å². The molecule has 0 saturated carbocycles. The van der Waals surface area contributed by atoms with Gasteiger partial charge in [-0.05, 0) is 56.0 Å². The molecule has 1 aromatic carbocycles. The van der Waals surface area contributed by atoms with Crippen molar-refractivity contribution in [2.24, 2.45) is 11.8 Å². The molecular formula is C20H29N3O2. The van der Waals surface area contributed by atoms with Crippen molar-refractivity contribution >= 4 is 22.7 Å². The van der Waals surface area contributed by atoms with E-state index in [1.54, 1.807) is 0 Å². The summed E-state index contributed by atoms with van der Waals surface area (Å²) in [6.45, 7) is 10.5. The Morgan fingerprint density at radius 2 is 2.24 bits per heavy atom. The lowest BCUT2D eigenvalue weighted by molar-refractivity contribution is -0.117. The fourth-order valence-electron chi connectivity index (χ4n) is 3.36. The molecule has 1 aliphatic rings. The van der Waals surface area contributed by atoms with Crippen LogP contribution in [-0.2, 0) is 10.2 Å². The highest BCUT2D eigenvalue weighted by Gasteiger charge is 2.23. The third-order valence-electron chi connectivity index (χ3n) is 4.96. The number of benzene rings is 1. The maximum absolute atomic E-state index is 12.4.